The molecule has 1 atom stereocenters. The topological polar surface area (TPSA) is 12.0 Å². The summed E-state index contributed by atoms with van der Waals surface area (Å²) in [5.74, 6) is 0. The van der Waals surface area contributed by atoms with Crippen LogP contribution in [0.3, 0.4) is 0 Å². The molecule has 0 bridgehead atoms. The molecule has 0 unspecified atom stereocenters. The summed E-state index contributed by atoms with van der Waals surface area (Å²) in [4.78, 5) is 0. The van der Waals surface area contributed by atoms with Crippen molar-refractivity contribution in [2.24, 2.45) is 0 Å². The standard InChI is InChI=1S/C11H13ClIN/c12-9-7-8(4-5-10(9)13)11-3-1-2-6-14-11/h4-5,7,11,14H,1-3,6H2/t11-/m1/s1. The van der Waals surface area contributed by atoms with E-state index < -0.39 is 0 Å². The number of rotatable bonds is 1. The van der Waals surface area contributed by atoms with E-state index in [0.29, 0.717) is 6.04 Å². The van der Waals surface area contributed by atoms with Gasteiger partial charge in [-0.1, -0.05) is 24.1 Å². The van der Waals surface area contributed by atoms with E-state index in [-0.39, 0.29) is 0 Å². The summed E-state index contributed by atoms with van der Waals surface area (Å²) < 4.78 is 1.13. The lowest BCUT2D eigenvalue weighted by Crippen LogP contribution is -2.26. The summed E-state index contributed by atoms with van der Waals surface area (Å²) in [7, 11) is 0. The van der Waals surface area contributed by atoms with Crippen LogP contribution in [0.25, 0.3) is 0 Å². The van der Waals surface area contributed by atoms with Crippen LogP contribution in [0.2, 0.25) is 5.02 Å². The molecule has 0 saturated carbocycles. The van der Waals surface area contributed by atoms with Gasteiger partial charge in [0.25, 0.3) is 0 Å². The molecule has 2 rings (SSSR count). The van der Waals surface area contributed by atoms with Crippen molar-refractivity contribution in [3.8, 4) is 0 Å². The predicted octanol–water partition coefficient (Wildman–Crippen LogP) is 3.76. The first-order valence-electron chi connectivity index (χ1n) is 4.96. The molecular weight excluding hydrogens is 308 g/mol. The van der Waals surface area contributed by atoms with Gasteiger partial charge in [-0.3, -0.25) is 0 Å². The maximum Gasteiger partial charge on any atom is 0.0542 e. The second-order valence-corrected chi connectivity index (χ2v) is 5.25. The van der Waals surface area contributed by atoms with Crippen LogP contribution in [0.4, 0.5) is 0 Å². The van der Waals surface area contributed by atoms with Crippen LogP contribution >= 0.6 is 34.2 Å². The van der Waals surface area contributed by atoms with Crippen molar-refractivity contribution in [2.75, 3.05) is 6.54 Å². The quantitative estimate of drug-likeness (QED) is 0.777. The summed E-state index contributed by atoms with van der Waals surface area (Å²) in [5, 5.41) is 4.39. The van der Waals surface area contributed by atoms with E-state index in [1.54, 1.807) is 0 Å². The fourth-order valence-corrected chi connectivity index (χ4v) is 2.39. The highest BCUT2D eigenvalue weighted by molar-refractivity contribution is 14.1. The van der Waals surface area contributed by atoms with Crippen LogP contribution < -0.4 is 5.32 Å². The highest BCUT2D eigenvalue weighted by Gasteiger charge is 2.14. The lowest BCUT2D eigenvalue weighted by molar-refractivity contribution is 0.412. The Labute approximate surface area is 103 Å². The van der Waals surface area contributed by atoms with E-state index in [1.165, 1.54) is 24.8 Å². The Hall–Kier alpha value is 0.200. The molecule has 0 amide bonds. The fourth-order valence-electron chi connectivity index (χ4n) is 1.87. The Morgan fingerprint density at radius 2 is 2.21 bits per heavy atom. The molecule has 1 nitrogen and oxygen atoms in total. The van der Waals surface area contributed by atoms with Gasteiger partial charge < -0.3 is 5.32 Å². The monoisotopic (exact) mass is 321 g/mol. The number of nitrogens with one attached hydrogen (secondary N) is 1. The first kappa shape index (κ1) is 10.7. The van der Waals surface area contributed by atoms with Crippen LogP contribution in [0.1, 0.15) is 30.9 Å². The highest BCUT2D eigenvalue weighted by Crippen LogP contribution is 2.27. The molecule has 1 aromatic rings. The van der Waals surface area contributed by atoms with Crippen LogP contribution in [0.15, 0.2) is 18.2 Å². The molecular formula is C11H13ClIN. The Balaban J connectivity index is 2.18. The average molecular weight is 322 g/mol. The van der Waals surface area contributed by atoms with Gasteiger partial charge in [-0.2, -0.15) is 0 Å². The van der Waals surface area contributed by atoms with E-state index >= 15 is 0 Å². The third kappa shape index (κ3) is 2.41. The van der Waals surface area contributed by atoms with E-state index in [2.05, 4.69) is 46.1 Å². The fraction of sp³-hybridized carbons (Fsp3) is 0.455. The average Bonchev–Trinajstić information content (AvgIpc) is 2.23. The number of hydrogen-bond donors (Lipinski definition) is 1. The van der Waals surface area contributed by atoms with Crippen LogP contribution in [-0.4, -0.2) is 6.54 Å². The molecule has 1 saturated heterocycles. The Bertz CT molecular complexity index is 321. The van der Waals surface area contributed by atoms with Gasteiger partial charge in [0.1, 0.15) is 0 Å². The lowest BCUT2D eigenvalue weighted by atomic mass is 9.98. The number of piperidine rings is 1. The van der Waals surface area contributed by atoms with Gasteiger partial charge in [-0.05, 0) is 59.7 Å². The molecule has 0 aliphatic carbocycles. The van der Waals surface area contributed by atoms with Crippen molar-refractivity contribution in [1.82, 2.24) is 5.32 Å². The summed E-state index contributed by atoms with van der Waals surface area (Å²) in [6.45, 7) is 1.13. The minimum absolute atomic E-state index is 0.512. The maximum atomic E-state index is 6.10. The minimum Gasteiger partial charge on any atom is -0.310 e. The van der Waals surface area contributed by atoms with Crippen molar-refractivity contribution in [1.29, 1.82) is 0 Å². The Morgan fingerprint density at radius 3 is 2.86 bits per heavy atom. The maximum absolute atomic E-state index is 6.10. The van der Waals surface area contributed by atoms with Gasteiger partial charge in [-0.25, -0.2) is 0 Å². The SMILES string of the molecule is Clc1cc([C@H]2CCCCN2)ccc1I. The van der Waals surface area contributed by atoms with Crippen molar-refractivity contribution >= 4 is 34.2 Å². The molecule has 1 N–H and O–H groups in total. The number of hydrogen-bond acceptors (Lipinski definition) is 1. The molecule has 1 aliphatic heterocycles. The van der Waals surface area contributed by atoms with Crippen molar-refractivity contribution in [3.63, 3.8) is 0 Å². The summed E-state index contributed by atoms with van der Waals surface area (Å²) >= 11 is 8.36. The van der Waals surface area contributed by atoms with E-state index in [9.17, 15) is 0 Å². The number of halogens is 2. The molecule has 0 spiro atoms. The Morgan fingerprint density at radius 1 is 1.36 bits per heavy atom. The van der Waals surface area contributed by atoms with Gasteiger partial charge in [0.05, 0.1) is 5.02 Å². The summed E-state index contributed by atoms with van der Waals surface area (Å²) in [6, 6.07) is 6.87. The molecule has 0 aromatic heterocycles. The molecule has 76 valence electrons. The molecule has 14 heavy (non-hydrogen) atoms. The third-order valence-electron chi connectivity index (χ3n) is 2.66. The van der Waals surface area contributed by atoms with Crippen LogP contribution in [0, 0.1) is 3.57 Å². The zero-order chi connectivity index (χ0) is 9.97. The van der Waals surface area contributed by atoms with Crippen molar-refractivity contribution in [2.45, 2.75) is 25.3 Å². The highest BCUT2D eigenvalue weighted by atomic mass is 127. The predicted molar refractivity (Wildman–Crippen MR) is 68.8 cm³/mol. The van der Waals surface area contributed by atoms with E-state index in [0.717, 1.165) is 15.1 Å². The lowest BCUT2D eigenvalue weighted by Gasteiger charge is -2.24. The second-order valence-electron chi connectivity index (χ2n) is 3.68. The van der Waals surface area contributed by atoms with Crippen LogP contribution in [-0.2, 0) is 0 Å². The van der Waals surface area contributed by atoms with Crippen LogP contribution in [0.5, 0.6) is 0 Å². The zero-order valence-electron chi connectivity index (χ0n) is 7.89. The largest absolute Gasteiger partial charge is 0.310 e. The van der Waals surface area contributed by atoms with Gasteiger partial charge in [0.15, 0.2) is 0 Å². The molecule has 0 radical (unpaired) electrons. The van der Waals surface area contributed by atoms with E-state index in [1.807, 2.05) is 0 Å². The minimum atomic E-state index is 0.512. The molecule has 1 aromatic carbocycles. The van der Waals surface area contributed by atoms with Crippen molar-refractivity contribution < 1.29 is 0 Å². The van der Waals surface area contributed by atoms with E-state index in [4.69, 9.17) is 11.6 Å². The van der Waals surface area contributed by atoms with Gasteiger partial charge in [0, 0.05) is 9.61 Å². The third-order valence-corrected chi connectivity index (χ3v) is 4.23. The zero-order valence-corrected chi connectivity index (χ0v) is 10.8. The van der Waals surface area contributed by atoms with Gasteiger partial charge in [0.2, 0.25) is 0 Å². The molecule has 1 aliphatic rings. The van der Waals surface area contributed by atoms with Gasteiger partial charge in [-0.15, -0.1) is 0 Å². The van der Waals surface area contributed by atoms with Crippen molar-refractivity contribution in [3.05, 3.63) is 32.4 Å². The normalized spacial score (nSPS) is 22.3. The first-order valence-corrected chi connectivity index (χ1v) is 6.41. The second kappa shape index (κ2) is 4.81. The summed E-state index contributed by atoms with van der Waals surface area (Å²) in [5.41, 5.74) is 1.33. The Kier molecular flexibility index (Phi) is 3.68. The molecule has 1 fully saturated rings. The van der Waals surface area contributed by atoms with Gasteiger partial charge >= 0.3 is 0 Å². The smallest absolute Gasteiger partial charge is 0.0542 e. The number of benzene rings is 1. The summed E-state index contributed by atoms with van der Waals surface area (Å²) in [6.07, 6.45) is 3.85. The first-order chi connectivity index (χ1) is 6.77. The molecule has 1 heterocycles. The molecule has 3 heteroatoms.